The van der Waals surface area contributed by atoms with Crippen LogP contribution >= 0.6 is 11.3 Å². The van der Waals surface area contributed by atoms with Crippen molar-refractivity contribution in [1.82, 2.24) is 0 Å². The van der Waals surface area contributed by atoms with Gasteiger partial charge in [0.05, 0.1) is 0 Å². The van der Waals surface area contributed by atoms with Crippen LogP contribution in [0.25, 0.3) is 0 Å². The van der Waals surface area contributed by atoms with E-state index in [-0.39, 0.29) is 40.1 Å². The summed E-state index contributed by atoms with van der Waals surface area (Å²) in [6.07, 6.45) is 1.15. The molecule has 1 aromatic heterocycles. The molecule has 1 aromatic rings. The van der Waals surface area contributed by atoms with Crippen LogP contribution < -0.4 is 0 Å². The van der Waals surface area contributed by atoms with Crippen molar-refractivity contribution in [2.24, 2.45) is 0 Å². The van der Waals surface area contributed by atoms with Crippen molar-refractivity contribution >= 4 is 11.3 Å². The fourth-order valence-corrected chi connectivity index (χ4v) is 1.05. The Balaban J connectivity index is 0. The first-order valence-electron chi connectivity index (χ1n) is 2.37. The van der Waals surface area contributed by atoms with Gasteiger partial charge in [-0.25, -0.2) is 12.1 Å². The Kier molecular flexibility index (Phi) is 9.59. The monoisotopic (exact) mass is 215 g/mol. The van der Waals surface area contributed by atoms with Crippen LogP contribution in [-0.2, 0) is 39.1 Å². The van der Waals surface area contributed by atoms with Crippen LogP contribution in [-0.4, -0.2) is 0 Å². The summed E-state index contributed by atoms with van der Waals surface area (Å²) >= 11 is 1.77. The van der Waals surface area contributed by atoms with Gasteiger partial charge in [0.15, 0.2) is 0 Å². The fraction of sp³-hybridized carbons (Fsp3) is 0.286. The zero-order chi connectivity index (χ0) is 5.11. The maximum Gasteiger partial charge on any atom is 0 e. The van der Waals surface area contributed by atoms with Gasteiger partial charge in [-0.15, -0.1) is 10.3 Å². The smallest absolute Gasteiger partial charge is 0 e. The number of rotatable bonds is 1. The van der Waals surface area contributed by atoms with Crippen molar-refractivity contribution < 1.29 is 32.7 Å². The minimum Gasteiger partial charge on any atom is -0.358 e. The maximum atomic E-state index is 3.00. The summed E-state index contributed by atoms with van der Waals surface area (Å²) in [6, 6.07) is 5.03. The topological polar surface area (TPSA) is 0 Å². The van der Waals surface area contributed by atoms with Crippen LogP contribution in [0.15, 0.2) is 11.4 Å². The summed E-state index contributed by atoms with van der Waals surface area (Å²) in [5.74, 6) is 0. The normalized spacial score (nSPS) is 7.22. The van der Waals surface area contributed by atoms with E-state index in [1.165, 1.54) is 4.88 Å². The zero-order valence-electron chi connectivity index (χ0n) is 5.85. The van der Waals surface area contributed by atoms with Gasteiger partial charge in [-0.05, 0) is 0 Å². The molecule has 0 fully saturated rings. The molecule has 0 amide bonds. The predicted molar refractivity (Wildman–Crippen MR) is 38.9 cm³/mol. The number of hydrogen-bond acceptors (Lipinski definition) is 1. The van der Waals surface area contributed by atoms with Crippen LogP contribution in [0, 0.1) is 13.5 Å². The average molecular weight is 215 g/mol. The van der Waals surface area contributed by atoms with Crippen molar-refractivity contribution in [3.05, 3.63) is 29.8 Å². The van der Waals surface area contributed by atoms with E-state index >= 15 is 0 Å². The first-order valence-corrected chi connectivity index (χ1v) is 3.25. The molecule has 1 heterocycles. The molecule has 1 radical (unpaired) electrons. The van der Waals surface area contributed by atoms with Crippen molar-refractivity contribution in [3.63, 3.8) is 0 Å². The molecule has 49 valence electrons. The van der Waals surface area contributed by atoms with E-state index in [0.29, 0.717) is 0 Å². The van der Waals surface area contributed by atoms with Crippen LogP contribution in [0.5, 0.6) is 0 Å². The second kappa shape index (κ2) is 6.92. The third kappa shape index (κ3) is 4.24. The molecule has 0 aliphatic carbocycles. The van der Waals surface area contributed by atoms with Crippen LogP contribution in [0.2, 0.25) is 0 Å². The van der Waals surface area contributed by atoms with Crippen molar-refractivity contribution in [1.29, 1.82) is 0 Å². The van der Waals surface area contributed by atoms with Gasteiger partial charge in [0.2, 0.25) is 0 Å². The average Bonchev–Trinajstić information content (AvgIpc) is 2.14. The zero-order valence-corrected chi connectivity index (χ0v) is 9.50. The predicted octanol–water partition coefficient (Wildman–Crippen LogP) is 2.56. The molecule has 0 aliphatic heterocycles. The van der Waals surface area contributed by atoms with E-state index in [2.05, 4.69) is 13.0 Å². The molecule has 0 bridgehead atoms. The molecule has 1 rings (SSSR count). The fourth-order valence-electron chi connectivity index (χ4n) is 0.456. The molecule has 0 nitrogen and oxygen atoms in total. The third-order valence-electron chi connectivity index (χ3n) is 0.871. The quantitative estimate of drug-likeness (QED) is 0.631. The number of aryl methyl sites for hydroxylation is 1. The van der Waals surface area contributed by atoms with E-state index < -0.39 is 0 Å². The summed E-state index contributed by atoms with van der Waals surface area (Å²) in [7, 11) is 0. The SMILES string of the molecule is CCc1c[c-]cs1.[CH3-].[Y]. The Hall–Kier alpha value is 0.804. The number of hydrogen-bond donors (Lipinski definition) is 0. The van der Waals surface area contributed by atoms with Gasteiger partial charge < -0.3 is 7.43 Å². The summed E-state index contributed by atoms with van der Waals surface area (Å²) in [4.78, 5) is 1.42. The molecule has 0 saturated heterocycles. The standard InChI is InChI=1S/C6H7S.CH3.Y/c1-2-6-4-3-5-7-6;;/h4-5H,2H2,1H3;1H3;/q2*-1;. The largest absolute Gasteiger partial charge is 0.358 e. The minimum absolute atomic E-state index is 0. The number of thiophene rings is 1. The molecular formula is C7H10SY-2. The van der Waals surface area contributed by atoms with Crippen LogP contribution in [0.1, 0.15) is 11.8 Å². The summed E-state index contributed by atoms with van der Waals surface area (Å²) in [6.45, 7) is 2.15. The van der Waals surface area contributed by atoms with Gasteiger partial charge in [0.1, 0.15) is 0 Å². The second-order valence-corrected chi connectivity index (χ2v) is 2.36. The molecule has 0 spiro atoms. The second-order valence-electron chi connectivity index (χ2n) is 1.37. The van der Waals surface area contributed by atoms with E-state index in [1.807, 2.05) is 11.4 Å². The van der Waals surface area contributed by atoms with Crippen molar-refractivity contribution in [2.75, 3.05) is 0 Å². The van der Waals surface area contributed by atoms with Crippen molar-refractivity contribution in [3.8, 4) is 0 Å². The molecule has 0 aliphatic rings. The van der Waals surface area contributed by atoms with E-state index in [1.54, 1.807) is 11.3 Å². The van der Waals surface area contributed by atoms with Gasteiger partial charge in [-0.3, -0.25) is 11.3 Å². The van der Waals surface area contributed by atoms with Gasteiger partial charge in [0, 0.05) is 32.7 Å². The molecule has 0 aromatic carbocycles. The first-order chi connectivity index (χ1) is 3.43. The Morgan fingerprint density at radius 2 is 2.33 bits per heavy atom. The van der Waals surface area contributed by atoms with Gasteiger partial charge in [0.25, 0.3) is 0 Å². The molecule has 0 saturated carbocycles. The molecular weight excluding hydrogens is 205 g/mol. The van der Waals surface area contributed by atoms with Gasteiger partial charge in [-0.1, -0.05) is 13.3 Å². The summed E-state index contributed by atoms with van der Waals surface area (Å²) in [5, 5.41) is 1.98. The Morgan fingerprint density at radius 3 is 2.56 bits per heavy atom. The van der Waals surface area contributed by atoms with E-state index in [0.717, 1.165) is 6.42 Å². The van der Waals surface area contributed by atoms with Crippen LogP contribution in [0.4, 0.5) is 0 Å². The minimum atomic E-state index is 0. The Labute approximate surface area is 86.6 Å². The van der Waals surface area contributed by atoms with Gasteiger partial charge >= 0.3 is 0 Å². The van der Waals surface area contributed by atoms with Crippen LogP contribution in [0.3, 0.4) is 0 Å². The van der Waals surface area contributed by atoms with E-state index in [4.69, 9.17) is 0 Å². The Bertz CT molecular complexity index is 123. The molecule has 0 atom stereocenters. The summed E-state index contributed by atoms with van der Waals surface area (Å²) in [5.41, 5.74) is 0. The van der Waals surface area contributed by atoms with Crippen molar-refractivity contribution in [2.45, 2.75) is 13.3 Å². The van der Waals surface area contributed by atoms with Gasteiger partial charge in [-0.2, -0.15) is 0 Å². The van der Waals surface area contributed by atoms with E-state index in [9.17, 15) is 0 Å². The molecule has 9 heavy (non-hydrogen) atoms. The third-order valence-corrected chi connectivity index (χ3v) is 1.83. The first kappa shape index (κ1) is 12.5. The maximum absolute atomic E-state index is 3.00. The molecule has 2 heteroatoms. The molecule has 0 N–H and O–H groups in total. The Morgan fingerprint density at radius 1 is 1.67 bits per heavy atom. The molecule has 0 unspecified atom stereocenters. The summed E-state index contributed by atoms with van der Waals surface area (Å²) < 4.78 is 0.